The van der Waals surface area contributed by atoms with E-state index in [1.165, 1.54) is 0 Å². The number of anilines is 1. The molecule has 2 unspecified atom stereocenters. The molecule has 0 spiro atoms. The standard InChI is InChI=1S/C12H16ClNO2S/c13-12-6-10(14)4-3-9(12)7-17(15)8-11-2-1-5-16-11/h3-4,6,11H,1-2,5,7-8,14H2. The van der Waals surface area contributed by atoms with Gasteiger partial charge in [0.15, 0.2) is 0 Å². The van der Waals surface area contributed by atoms with Crippen molar-refractivity contribution in [2.75, 3.05) is 18.1 Å². The number of halogens is 1. The topological polar surface area (TPSA) is 52.3 Å². The molecular weight excluding hydrogens is 258 g/mol. The van der Waals surface area contributed by atoms with E-state index in [0.29, 0.717) is 22.2 Å². The number of benzene rings is 1. The van der Waals surface area contributed by atoms with Crippen LogP contribution in [0.3, 0.4) is 0 Å². The zero-order valence-electron chi connectivity index (χ0n) is 9.52. The summed E-state index contributed by atoms with van der Waals surface area (Å²) >= 11 is 6.04. The molecule has 1 aromatic carbocycles. The molecule has 0 aromatic heterocycles. The highest BCUT2D eigenvalue weighted by Crippen LogP contribution is 2.21. The lowest BCUT2D eigenvalue weighted by atomic mass is 10.2. The lowest BCUT2D eigenvalue weighted by Crippen LogP contribution is -2.16. The molecule has 1 heterocycles. The monoisotopic (exact) mass is 273 g/mol. The molecule has 1 saturated heterocycles. The lowest BCUT2D eigenvalue weighted by Gasteiger charge is -2.10. The Morgan fingerprint density at radius 2 is 2.35 bits per heavy atom. The molecule has 0 aliphatic carbocycles. The number of nitrogens with two attached hydrogens (primary N) is 1. The third-order valence-corrected chi connectivity index (χ3v) is 4.52. The number of hydrogen-bond acceptors (Lipinski definition) is 3. The minimum absolute atomic E-state index is 0.156. The molecule has 5 heteroatoms. The van der Waals surface area contributed by atoms with Crippen LogP contribution in [0, 0.1) is 0 Å². The minimum Gasteiger partial charge on any atom is -0.399 e. The van der Waals surface area contributed by atoms with Gasteiger partial charge in [-0.25, -0.2) is 0 Å². The summed E-state index contributed by atoms with van der Waals surface area (Å²) in [4.78, 5) is 0. The second kappa shape index (κ2) is 5.85. The van der Waals surface area contributed by atoms with Crippen LogP contribution in [0.2, 0.25) is 5.02 Å². The van der Waals surface area contributed by atoms with E-state index >= 15 is 0 Å². The maximum atomic E-state index is 11.9. The molecular formula is C12H16ClNO2S. The molecule has 1 aromatic rings. The van der Waals surface area contributed by atoms with Gasteiger partial charge in [0.1, 0.15) is 0 Å². The lowest BCUT2D eigenvalue weighted by molar-refractivity contribution is 0.128. The van der Waals surface area contributed by atoms with Crippen LogP contribution >= 0.6 is 11.6 Å². The van der Waals surface area contributed by atoms with Crippen LogP contribution in [0.15, 0.2) is 18.2 Å². The molecule has 17 heavy (non-hydrogen) atoms. The SMILES string of the molecule is Nc1ccc(CS(=O)CC2CCCO2)c(Cl)c1. The van der Waals surface area contributed by atoms with E-state index in [1.54, 1.807) is 12.1 Å². The van der Waals surface area contributed by atoms with Crippen LogP contribution < -0.4 is 5.73 Å². The van der Waals surface area contributed by atoms with Gasteiger partial charge in [-0.3, -0.25) is 4.21 Å². The fraction of sp³-hybridized carbons (Fsp3) is 0.500. The number of rotatable bonds is 4. The zero-order valence-corrected chi connectivity index (χ0v) is 11.1. The maximum Gasteiger partial charge on any atom is 0.0691 e. The van der Waals surface area contributed by atoms with Crippen LogP contribution in [0.5, 0.6) is 0 Å². The second-order valence-electron chi connectivity index (χ2n) is 4.24. The Morgan fingerprint density at radius 3 is 3.00 bits per heavy atom. The van der Waals surface area contributed by atoms with Gasteiger partial charge < -0.3 is 10.5 Å². The van der Waals surface area contributed by atoms with Gasteiger partial charge in [-0.15, -0.1) is 0 Å². The second-order valence-corrected chi connectivity index (χ2v) is 6.15. The van der Waals surface area contributed by atoms with Gasteiger partial charge in [0.2, 0.25) is 0 Å². The van der Waals surface area contributed by atoms with Gasteiger partial charge in [0.25, 0.3) is 0 Å². The first-order valence-electron chi connectivity index (χ1n) is 5.65. The van der Waals surface area contributed by atoms with Crippen molar-refractivity contribution in [1.82, 2.24) is 0 Å². The average molecular weight is 274 g/mol. The first-order chi connectivity index (χ1) is 8.15. The van der Waals surface area contributed by atoms with E-state index in [-0.39, 0.29) is 6.10 Å². The molecule has 0 bridgehead atoms. The average Bonchev–Trinajstić information content (AvgIpc) is 2.75. The van der Waals surface area contributed by atoms with Gasteiger partial charge in [-0.1, -0.05) is 17.7 Å². The number of nitrogen functional groups attached to an aromatic ring is 1. The Morgan fingerprint density at radius 1 is 1.53 bits per heavy atom. The highest BCUT2D eigenvalue weighted by atomic mass is 35.5. The van der Waals surface area contributed by atoms with Crippen LogP contribution in [0.4, 0.5) is 5.69 Å². The zero-order chi connectivity index (χ0) is 12.3. The largest absolute Gasteiger partial charge is 0.399 e. The van der Waals surface area contributed by atoms with Gasteiger partial charge >= 0.3 is 0 Å². The maximum absolute atomic E-state index is 11.9. The van der Waals surface area contributed by atoms with E-state index in [9.17, 15) is 4.21 Å². The van der Waals surface area contributed by atoms with Crippen molar-refractivity contribution in [2.24, 2.45) is 0 Å². The fourth-order valence-electron chi connectivity index (χ4n) is 1.90. The molecule has 1 fully saturated rings. The van der Waals surface area contributed by atoms with Crippen molar-refractivity contribution in [1.29, 1.82) is 0 Å². The van der Waals surface area contributed by atoms with Gasteiger partial charge in [-0.2, -0.15) is 0 Å². The highest BCUT2D eigenvalue weighted by molar-refractivity contribution is 7.84. The van der Waals surface area contributed by atoms with Crippen molar-refractivity contribution in [3.05, 3.63) is 28.8 Å². The van der Waals surface area contributed by atoms with Crippen molar-refractivity contribution in [2.45, 2.75) is 24.7 Å². The normalized spacial score (nSPS) is 21.6. The molecule has 1 aliphatic rings. The third-order valence-electron chi connectivity index (χ3n) is 2.79. The Balaban J connectivity index is 1.93. The summed E-state index contributed by atoms with van der Waals surface area (Å²) in [5.74, 6) is 1.07. The van der Waals surface area contributed by atoms with E-state index in [1.807, 2.05) is 6.07 Å². The summed E-state index contributed by atoms with van der Waals surface area (Å²) in [6.07, 6.45) is 2.24. The Labute approximate surface area is 109 Å². The summed E-state index contributed by atoms with van der Waals surface area (Å²) in [6, 6.07) is 5.32. The molecule has 2 N–H and O–H groups in total. The Kier molecular flexibility index (Phi) is 4.42. The summed E-state index contributed by atoms with van der Waals surface area (Å²) in [5, 5.41) is 0.589. The summed E-state index contributed by atoms with van der Waals surface area (Å²) in [7, 11) is -0.928. The number of ether oxygens (including phenoxy) is 1. The van der Waals surface area contributed by atoms with Gasteiger partial charge in [0.05, 0.1) is 17.6 Å². The molecule has 2 rings (SSSR count). The molecule has 94 valence electrons. The van der Waals surface area contributed by atoms with Gasteiger partial charge in [0, 0.05) is 28.1 Å². The Hall–Kier alpha value is -0.580. The van der Waals surface area contributed by atoms with E-state index in [2.05, 4.69) is 0 Å². The molecule has 0 amide bonds. The van der Waals surface area contributed by atoms with E-state index in [0.717, 1.165) is 25.0 Å². The fourth-order valence-corrected chi connectivity index (χ4v) is 3.63. The Bertz CT molecular complexity index is 419. The van der Waals surface area contributed by atoms with Crippen molar-refractivity contribution >= 4 is 28.1 Å². The van der Waals surface area contributed by atoms with Gasteiger partial charge in [-0.05, 0) is 30.5 Å². The molecule has 3 nitrogen and oxygen atoms in total. The predicted molar refractivity (Wildman–Crippen MR) is 71.6 cm³/mol. The number of hydrogen-bond donors (Lipinski definition) is 1. The highest BCUT2D eigenvalue weighted by Gasteiger charge is 2.18. The first-order valence-corrected chi connectivity index (χ1v) is 7.52. The van der Waals surface area contributed by atoms with Crippen LogP contribution in [0.1, 0.15) is 18.4 Å². The summed E-state index contributed by atoms with van der Waals surface area (Å²) < 4.78 is 17.4. The van der Waals surface area contributed by atoms with Crippen molar-refractivity contribution in [3.8, 4) is 0 Å². The van der Waals surface area contributed by atoms with E-state index < -0.39 is 10.8 Å². The van der Waals surface area contributed by atoms with Crippen LogP contribution in [-0.4, -0.2) is 22.7 Å². The molecule has 0 saturated carbocycles. The van der Waals surface area contributed by atoms with Crippen molar-refractivity contribution < 1.29 is 8.95 Å². The van der Waals surface area contributed by atoms with Crippen LogP contribution in [0.25, 0.3) is 0 Å². The quantitative estimate of drug-likeness (QED) is 0.857. The summed E-state index contributed by atoms with van der Waals surface area (Å²) in [5.41, 5.74) is 7.12. The minimum atomic E-state index is -0.928. The third kappa shape index (κ3) is 3.69. The predicted octanol–water partition coefficient (Wildman–Crippen LogP) is 2.35. The smallest absolute Gasteiger partial charge is 0.0691 e. The molecule has 0 radical (unpaired) electrons. The van der Waals surface area contributed by atoms with Crippen molar-refractivity contribution in [3.63, 3.8) is 0 Å². The van der Waals surface area contributed by atoms with Crippen LogP contribution in [-0.2, 0) is 21.3 Å². The molecule has 1 aliphatic heterocycles. The van der Waals surface area contributed by atoms with E-state index in [4.69, 9.17) is 22.1 Å². The first kappa shape index (κ1) is 12.9. The summed E-state index contributed by atoms with van der Waals surface area (Å²) in [6.45, 7) is 0.796. The molecule has 2 atom stereocenters.